The number of allylic oxidation sites excluding steroid dienone is 2. The lowest BCUT2D eigenvalue weighted by Gasteiger charge is -2.28. The molecule has 1 aliphatic carbocycles. The van der Waals surface area contributed by atoms with Crippen molar-refractivity contribution < 1.29 is 23.1 Å². The highest BCUT2D eigenvalue weighted by atomic mass is 32.2. The first-order valence-electron chi connectivity index (χ1n) is 9.12. The first kappa shape index (κ1) is 20.6. The molecule has 0 heterocycles. The topological polar surface area (TPSA) is 115 Å². The standard InChI is InChI=1S/C21H22N2O5S/c1-14-6-12-17(13-7-14)29(27,28)23-16-10-8-15(9-11-16)22-20(24)18-4-2-3-5-19(18)21(25)26/h2-3,6-13,18-19,23H,4-5H2,1H3,(H,22,24)(H,25,26)/p-1/t18-,19-/m1/s1. The van der Waals surface area contributed by atoms with Gasteiger partial charge in [-0.2, -0.15) is 0 Å². The molecule has 2 aromatic carbocycles. The smallest absolute Gasteiger partial charge is 0.261 e. The fourth-order valence-electron chi connectivity index (χ4n) is 3.15. The van der Waals surface area contributed by atoms with E-state index in [1.807, 2.05) is 6.92 Å². The maximum atomic E-state index is 12.5. The number of sulfonamides is 1. The number of nitrogens with one attached hydrogen (secondary N) is 2. The number of aryl methyl sites for hydroxylation is 1. The number of anilines is 2. The molecule has 2 aromatic rings. The number of carbonyl (C=O) groups excluding carboxylic acids is 2. The number of carboxylic acid groups (broad SMARTS) is 1. The fraction of sp³-hybridized carbons (Fsp3) is 0.238. The minimum atomic E-state index is -3.72. The van der Waals surface area contributed by atoms with Crippen LogP contribution in [0.25, 0.3) is 0 Å². The number of benzene rings is 2. The van der Waals surface area contributed by atoms with E-state index < -0.39 is 33.7 Å². The van der Waals surface area contributed by atoms with E-state index in [0.29, 0.717) is 17.8 Å². The van der Waals surface area contributed by atoms with E-state index in [4.69, 9.17) is 0 Å². The van der Waals surface area contributed by atoms with Crippen molar-refractivity contribution >= 4 is 33.3 Å². The highest BCUT2D eigenvalue weighted by Crippen LogP contribution is 2.27. The van der Waals surface area contributed by atoms with Gasteiger partial charge in [0.2, 0.25) is 5.91 Å². The van der Waals surface area contributed by atoms with Crippen molar-refractivity contribution in [3.63, 3.8) is 0 Å². The van der Waals surface area contributed by atoms with E-state index in [9.17, 15) is 23.1 Å². The summed E-state index contributed by atoms with van der Waals surface area (Å²) < 4.78 is 27.4. The first-order chi connectivity index (χ1) is 13.8. The second-order valence-electron chi connectivity index (χ2n) is 6.96. The van der Waals surface area contributed by atoms with Gasteiger partial charge in [-0.15, -0.1) is 0 Å². The van der Waals surface area contributed by atoms with Gasteiger partial charge in [0.25, 0.3) is 10.0 Å². The normalized spacial score (nSPS) is 18.8. The number of carboxylic acids is 1. The number of hydrogen-bond donors (Lipinski definition) is 2. The number of rotatable bonds is 6. The minimum Gasteiger partial charge on any atom is -0.550 e. The predicted molar refractivity (Wildman–Crippen MR) is 107 cm³/mol. The lowest BCUT2D eigenvalue weighted by Crippen LogP contribution is -2.41. The molecule has 0 radical (unpaired) electrons. The lowest BCUT2D eigenvalue weighted by atomic mass is 9.82. The zero-order valence-corrected chi connectivity index (χ0v) is 16.6. The second-order valence-corrected chi connectivity index (χ2v) is 8.64. The van der Waals surface area contributed by atoms with Crippen LogP contribution in [0, 0.1) is 18.8 Å². The highest BCUT2D eigenvalue weighted by molar-refractivity contribution is 7.92. The number of carbonyl (C=O) groups is 2. The van der Waals surface area contributed by atoms with Crippen LogP contribution in [0.15, 0.2) is 65.6 Å². The molecule has 29 heavy (non-hydrogen) atoms. The van der Waals surface area contributed by atoms with Gasteiger partial charge in [0.15, 0.2) is 0 Å². The molecule has 7 nitrogen and oxygen atoms in total. The summed E-state index contributed by atoms with van der Waals surface area (Å²) in [5.74, 6) is -3.21. The van der Waals surface area contributed by atoms with Crippen LogP contribution in [-0.2, 0) is 19.6 Å². The Kier molecular flexibility index (Phi) is 6.03. The van der Waals surface area contributed by atoms with Crippen LogP contribution >= 0.6 is 0 Å². The van der Waals surface area contributed by atoms with Crippen LogP contribution in [-0.4, -0.2) is 20.3 Å². The summed E-state index contributed by atoms with van der Waals surface area (Å²) in [4.78, 5) is 23.9. The molecular weight excluding hydrogens is 392 g/mol. The zero-order valence-electron chi connectivity index (χ0n) is 15.8. The number of amides is 1. The Hall–Kier alpha value is -3.13. The molecule has 0 fully saturated rings. The Bertz CT molecular complexity index is 1030. The second kappa shape index (κ2) is 8.48. The van der Waals surface area contributed by atoms with Gasteiger partial charge in [0.1, 0.15) is 0 Å². The van der Waals surface area contributed by atoms with Crippen molar-refractivity contribution in [1.29, 1.82) is 0 Å². The highest BCUT2D eigenvalue weighted by Gasteiger charge is 2.29. The molecule has 0 spiro atoms. The van der Waals surface area contributed by atoms with Gasteiger partial charge in [-0.3, -0.25) is 9.52 Å². The Labute approximate surface area is 169 Å². The van der Waals surface area contributed by atoms with E-state index in [1.54, 1.807) is 36.4 Å². The molecule has 2 atom stereocenters. The summed E-state index contributed by atoms with van der Waals surface area (Å²) >= 11 is 0. The molecule has 0 unspecified atom stereocenters. The summed E-state index contributed by atoms with van der Waals surface area (Å²) in [5, 5.41) is 13.9. The lowest BCUT2D eigenvalue weighted by molar-refractivity contribution is -0.313. The molecule has 152 valence electrons. The van der Waals surface area contributed by atoms with Crippen LogP contribution in [0.2, 0.25) is 0 Å². The SMILES string of the molecule is Cc1ccc(S(=O)(=O)Nc2ccc(NC(=O)[C@@H]3CC=CC[C@H]3C(=O)[O-])cc2)cc1. The van der Waals surface area contributed by atoms with Crippen LogP contribution in [0.4, 0.5) is 11.4 Å². The molecule has 2 N–H and O–H groups in total. The van der Waals surface area contributed by atoms with Crippen LogP contribution in [0.5, 0.6) is 0 Å². The van der Waals surface area contributed by atoms with E-state index >= 15 is 0 Å². The monoisotopic (exact) mass is 413 g/mol. The average molecular weight is 413 g/mol. The van der Waals surface area contributed by atoms with Crippen molar-refractivity contribution in [3.8, 4) is 0 Å². The third-order valence-corrected chi connectivity index (χ3v) is 6.21. The van der Waals surface area contributed by atoms with E-state index in [1.165, 1.54) is 24.3 Å². The maximum absolute atomic E-state index is 12.5. The summed E-state index contributed by atoms with van der Waals surface area (Å²) in [7, 11) is -3.72. The van der Waals surface area contributed by atoms with Gasteiger partial charge in [-0.25, -0.2) is 8.42 Å². The van der Waals surface area contributed by atoms with Gasteiger partial charge in [-0.1, -0.05) is 29.8 Å². The quantitative estimate of drug-likeness (QED) is 0.704. The molecule has 0 aliphatic heterocycles. The Morgan fingerprint density at radius 3 is 2.03 bits per heavy atom. The van der Waals surface area contributed by atoms with Gasteiger partial charge in [0, 0.05) is 23.3 Å². The molecule has 1 aliphatic rings. The summed E-state index contributed by atoms with van der Waals surface area (Å²) in [6.45, 7) is 1.87. The molecule has 0 bridgehead atoms. The molecule has 0 saturated heterocycles. The van der Waals surface area contributed by atoms with Gasteiger partial charge < -0.3 is 15.2 Å². The van der Waals surface area contributed by atoms with E-state index in [-0.39, 0.29) is 11.3 Å². The largest absolute Gasteiger partial charge is 0.550 e. The molecule has 1 amide bonds. The third kappa shape index (κ3) is 5.03. The fourth-order valence-corrected chi connectivity index (χ4v) is 4.21. The van der Waals surface area contributed by atoms with Gasteiger partial charge in [-0.05, 0) is 56.2 Å². The van der Waals surface area contributed by atoms with E-state index in [0.717, 1.165) is 5.56 Å². The Morgan fingerprint density at radius 2 is 1.45 bits per heavy atom. The minimum absolute atomic E-state index is 0.152. The molecule has 0 saturated carbocycles. The van der Waals surface area contributed by atoms with Gasteiger partial charge >= 0.3 is 0 Å². The Balaban J connectivity index is 1.67. The van der Waals surface area contributed by atoms with Crippen molar-refractivity contribution in [2.75, 3.05) is 10.0 Å². The molecular formula is C21H21N2O5S-. The molecule has 3 rings (SSSR count). The van der Waals surface area contributed by atoms with Crippen LogP contribution in [0.1, 0.15) is 18.4 Å². The summed E-state index contributed by atoms with van der Waals surface area (Å²) in [5.41, 5.74) is 1.75. The first-order valence-corrected chi connectivity index (χ1v) is 10.6. The van der Waals surface area contributed by atoms with Crippen molar-refractivity contribution in [1.82, 2.24) is 0 Å². The zero-order chi connectivity index (χ0) is 21.0. The molecule has 0 aromatic heterocycles. The number of hydrogen-bond acceptors (Lipinski definition) is 5. The average Bonchev–Trinajstić information content (AvgIpc) is 2.69. The summed E-state index contributed by atoms with van der Waals surface area (Å²) in [6.07, 6.45) is 4.12. The van der Waals surface area contributed by atoms with Crippen LogP contribution in [0.3, 0.4) is 0 Å². The molecule has 8 heteroatoms. The van der Waals surface area contributed by atoms with E-state index in [2.05, 4.69) is 10.0 Å². The van der Waals surface area contributed by atoms with Crippen molar-refractivity contribution in [2.24, 2.45) is 11.8 Å². The maximum Gasteiger partial charge on any atom is 0.261 e. The van der Waals surface area contributed by atoms with Crippen molar-refractivity contribution in [3.05, 3.63) is 66.2 Å². The van der Waals surface area contributed by atoms with Crippen LogP contribution < -0.4 is 15.1 Å². The summed E-state index contributed by atoms with van der Waals surface area (Å²) in [6, 6.07) is 12.6. The van der Waals surface area contributed by atoms with Gasteiger partial charge in [0.05, 0.1) is 10.8 Å². The third-order valence-electron chi connectivity index (χ3n) is 4.81. The predicted octanol–water partition coefficient (Wildman–Crippen LogP) is 2.07. The number of aliphatic carboxylic acids is 1. The Morgan fingerprint density at radius 1 is 0.897 bits per heavy atom. The van der Waals surface area contributed by atoms with Crippen molar-refractivity contribution in [2.45, 2.75) is 24.7 Å².